The van der Waals surface area contributed by atoms with E-state index < -0.39 is 0 Å². The minimum Gasteiger partial charge on any atom is -0.361 e. The number of nitrogens with one attached hydrogen (secondary N) is 1. The summed E-state index contributed by atoms with van der Waals surface area (Å²) in [6.07, 6.45) is 1.03. The lowest BCUT2D eigenvalue weighted by molar-refractivity contribution is 1.04. The van der Waals surface area contributed by atoms with Crippen molar-refractivity contribution in [1.29, 1.82) is 0 Å². The minimum atomic E-state index is 0.922. The molecule has 0 bridgehead atoms. The average Bonchev–Trinajstić information content (AvgIpc) is 2.95. The highest BCUT2D eigenvalue weighted by Gasteiger charge is 2.04. The molecular formula is C14H13BrN2S2. The van der Waals surface area contributed by atoms with Crippen LogP contribution in [0.1, 0.15) is 10.4 Å². The van der Waals surface area contributed by atoms with E-state index in [-0.39, 0.29) is 0 Å². The van der Waals surface area contributed by atoms with Gasteiger partial charge < -0.3 is 5.32 Å². The zero-order valence-electron chi connectivity index (χ0n) is 10.4. The third-order valence-electron chi connectivity index (χ3n) is 2.82. The quantitative estimate of drug-likeness (QED) is 0.707. The summed E-state index contributed by atoms with van der Waals surface area (Å²) in [5.74, 6) is 0. The number of benzene rings is 1. The molecule has 98 valence electrons. The maximum absolute atomic E-state index is 4.59. The molecule has 0 aliphatic rings. The highest BCUT2D eigenvalue weighted by Crippen LogP contribution is 2.27. The Kier molecular flexibility index (Phi) is 3.86. The van der Waals surface area contributed by atoms with Crippen molar-refractivity contribution in [2.24, 2.45) is 0 Å². The van der Waals surface area contributed by atoms with Crippen LogP contribution in [0.4, 0.5) is 5.13 Å². The van der Waals surface area contributed by atoms with E-state index in [4.69, 9.17) is 0 Å². The van der Waals surface area contributed by atoms with Gasteiger partial charge in [0.1, 0.15) is 0 Å². The first-order chi connectivity index (χ1) is 9.20. The Balaban J connectivity index is 1.65. The van der Waals surface area contributed by atoms with E-state index in [9.17, 15) is 0 Å². The van der Waals surface area contributed by atoms with Crippen LogP contribution in [0.3, 0.4) is 0 Å². The number of aromatic nitrogens is 1. The molecule has 3 rings (SSSR count). The summed E-state index contributed by atoms with van der Waals surface area (Å²) < 4.78 is 2.44. The molecule has 2 nitrogen and oxygen atoms in total. The van der Waals surface area contributed by atoms with E-state index in [1.54, 1.807) is 22.7 Å². The normalized spacial score (nSPS) is 11.1. The topological polar surface area (TPSA) is 24.9 Å². The Morgan fingerprint density at radius 1 is 1.21 bits per heavy atom. The monoisotopic (exact) mass is 352 g/mol. The van der Waals surface area contributed by atoms with Crippen molar-refractivity contribution in [2.45, 2.75) is 13.3 Å². The number of aryl methyl sites for hydroxylation is 1. The number of fused-ring (bicyclic) bond motifs is 1. The van der Waals surface area contributed by atoms with Gasteiger partial charge in [0.05, 0.1) is 14.0 Å². The summed E-state index contributed by atoms with van der Waals surface area (Å²) in [6, 6.07) is 10.6. The Bertz CT molecular complexity index is 702. The molecule has 5 heteroatoms. The predicted octanol–water partition coefficient (Wildman–Crippen LogP) is 5.08. The van der Waals surface area contributed by atoms with Gasteiger partial charge in [-0.15, -0.1) is 11.3 Å². The molecule has 0 saturated heterocycles. The zero-order valence-corrected chi connectivity index (χ0v) is 13.7. The van der Waals surface area contributed by atoms with Gasteiger partial charge in [0.25, 0.3) is 0 Å². The number of nitrogens with zero attached hydrogens (tertiary/aromatic N) is 1. The first kappa shape index (κ1) is 13.1. The first-order valence-electron chi connectivity index (χ1n) is 6.06. The number of hydrogen-bond acceptors (Lipinski definition) is 4. The van der Waals surface area contributed by atoms with Crippen molar-refractivity contribution in [2.75, 3.05) is 11.9 Å². The van der Waals surface area contributed by atoms with Gasteiger partial charge in [0.15, 0.2) is 5.13 Å². The van der Waals surface area contributed by atoms with E-state index in [0.717, 1.165) is 23.6 Å². The fourth-order valence-corrected chi connectivity index (χ4v) is 4.36. The molecule has 0 unspecified atom stereocenters. The van der Waals surface area contributed by atoms with Gasteiger partial charge >= 0.3 is 0 Å². The summed E-state index contributed by atoms with van der Waals surface area (Å²) in [5.41, 5.74) is 2.36. The highest BCUT2D eigenvalue weighted by molar-refractivity contribution is 9.11. The van der Waals surface area contributed by atoms with Crippen molar-refractivity contribution in [3.8, 4) is 0 Å². The van der Waals surface area contributed by atoms with Crippen LogP contribution < -0.4 is 5.32 Å². The summed E-state index contributed by atoms with van der Waals surface area (Å²) in [6.45, 7) is 3.03. The zero-order chi connectivity index (χ0) is 13.2. The molecule has 0 saturated carbocycles. The van der Waals surface area contributed by atoms with E-state index >= 15 is 0 Å². The van der Waals surface area contributed by atoms with Gasteiger partial charge in [-0.2, -0.15) is 0 Å². The van der Waals surface area contributed by atoms with Crippen LogP contribution in [0.5, 0.6) is 0 Å². The lowest BCUT2D eigenvalue weighted by atomic mass is 10.2. The second-order valence-corrected chi connectivity index (χ2v) is 7.95. The highest BCUT2D eigenvalue weighted by atomic mass is 79.9. The summed E-state index contributed by atoms with van der Waals surface area (Å²) in [5, 5.41) is 4.42. The van der Waals surface area contributed by atoms with Gasteiger partial charge in [-0.3, -0.25) is 0 Å². The molecule has 3 aromatic rings. The Morgan fingerprint density at radius 3 is 2.89 bits per heavy atom. The molecule has 0 atom stereocenters. The maximum Gasteiger partial charge on any atom is 0.183 e. The minimum absolute atomic E-state index is 0.922. The third-order valence-corrected chi connectivity index (χ3v) is 5.48. The van der Waals surface area contributed by atoms with Crippen LogP contribution in [0.25, 0.3) is 10.2 Å². The van der Waals surface area contributed by atoms with Crippen molar-refractivity contribution in [3.63, 3.8) is 0 Å². The summed E-state index contributed by atoms with van der Waals surface area (Å²) in [4.78, 5) is 5.98. The van der Waals surface area contributed by atoms with Crippen LogP contribution in [-0.2, 0) is 6.42 Å². The van der Waals surface area contributed by atoms with Crippen molar-refractivity contribution in [1.82, 2.24) is 4.98 Å². The van der Waals surface area contributed by atoms with E-state index in [1.807, 2.05) is 0 Å². The SMILES string of the molecule is Cc1ccc2nc(NCCc3ccc(Br)s3)sc2c1. The lowest BCUT2D eigenvalue weighted by Gasteiger charge is -1.99. The molecule has 0 fully saturated rings. The Hall–Kier alpha value is -0.910. The molecule has 2 heterocycles. The molecule has 0 amide bonds. The lowest BCUT2D eigenvalue weighted by Crippen LogP contribution is -2.03. The fraction of sp³-hybridized carbons (Fsp3) is 0.214. The Morgan fingerprint density at radius 2 is 2.11 bits per heavy atom. The van der Waals surface area contributed by atoms with Gasteiger partial charge in [-0.1, -0.05) is 17.4 Å². The van der Waals surface area contributed by atoms with Crippen LogP contribution in [-0.4, -0.2) is 11.5 Å². The largest absolute Gasteiger partial charge is 0.361 e. The molecule has 0 spiro atoms. The van der Waals surface area contributed by atoms with Crippen LogP contribution in [0, 0.1) is 6.92 Å². The van der Waals surface area contributed by atoms with Crippen molar-refractivity contribution >= 4 is 54.0 Å². The van der Waals surface area contributed by atoms with Crippen LogP contribution in [0.2, 0.25) is 0 Å². The standard InChI is InChI=1S/C14H13BrN2S2/c1-9-2-4-11-12(8-9)19-14(17-11)16-7-6-10-3-5-13(15)18-10/h2-5,8H,6-7H2,1H3,(H,16,17). The number of anilines is 1. The number of halogens is 1. The average molecular weight is 353 g/mol. The maximum atomic E-state index is 4.59. The number of thiophene rings is 1. The second-order valence-electron chi connectivity index (χ2n) is 4.37. The van der Waals surface area contributed by atoms with E-state index in [2.05, 4.69) is 63.5 Å². The van der Waals surface area contributed by atoms with Gasteiger partial charge in [-0.25, -0.2) is 4.98 Å². The molecule has 0 aliphatic heterocycles. The van der Waals surface area contributed by atoms with E-state index in [0.29, 0.717) is 0 Å². The van der Waals surface area contributed by atoms with E-state index in [1.165, 1.54) is 18.9 Å². The molecule has 0 aliphatic carbocycles. The van der Waals surface area contributed by atoms with Crippen LogP contribution in [0.15, 0.2) is 34.1 Å². The number of hydrogen-bond donors (Lipinski definition) is 1. The first-order valence-corrected chi connectivity index (χ1v) is 8.48. The number of rotatable bonds is 4. The third kappa shape index (κ3) is 3.16. The predicted molar refractivity (Wildman–Crippen MR) is 88.6 cm³/mol. The second kappa shape index (κ2) is 5.61. The molecule has 1 N–H and O–H groups in total. The van der Waals surface area contributed by atoms with Crippen molar-refractivity contribution in [3.05, 3.63) is 44.6 Å². The molecule has 2 aromatic heterocycles. The molecule has 19 heavy (non-hydrogen) atoms. The fourth-order valence-electron chi connectivity index (χ4n) is 1.89. The summed E-state index contributed by atoms with van der Waals surface area (Å²) in [7, 11) is 0. The number of thiazole rings is 1. The molecule has 1 aromatic carbocycles. The van der Waals surface area contributed by atoms with Gasteiger partial charge in [0, 0.05) is 11.4 Å². The Labute approximate surface area is 128 Å². The smallest absolute Gasteiger partial charge is 0.183 e. The summed E-state index contributed by atoms with van der Waals surface area (Å²) >= 11 is 7.00. The van der Waals surface area contributed by atoms with Crippen LogP contribution >= 0.6 is 38.6 Å². The van der Waals surface area contributed by atoms with Gasteiger partial charge in [-0.05, 0) is 59.1 Å². The van der Waals surface area contributed by atoms with Crippen molar-refractivity contribution < 1.29 is 0 Å². The molecular weight excluding hydrogens is 340 g/mol. The molecule has 0 radical (unpaired) electrons. The van der Waals surface area contributed by atoms with Gasteiger partial charge in [0.2, 0.25) is 0 Å².